The number of carbonyl (C=O) groups excluding carboxylic acids is 2. The van der Waals surface area contributed by atoms with Gasteiger partial charge in [-0.3, -0.25) is 14.6 Å². The van der Waals surface area contributed by atoms with E-state index < -0.39 is 42.4 Å². The molecule has 14 heteroatoms. The van der Waals surface area contributed by atoms with Crippen LogP contribution in [-0.2, 0) is 19.1 Å². The summed E-state index contributed by atoms with van der Waals surface area (Å²) in [5.74, 6) is -6.05. The maximum absolute atomic E-state index is 12.7. The summed E-state index contributed by atoms with van der Waals surface area (Å²) in [6.07, 6.45) is -2.52. The van der Waals surface area contributed by atoms with E-state index >= 15 is 0 Å². The average molecular weight is 580 g/mol. The monoisotopic (exact) mass is 579 g/mol. The third-order valence-electron chi connectivity index (χ3n) is 5.63. The number of thiophene rings is 1. The van der Waals surface area contributed by atoms with Gasteiger partial charge in [0.05, 0.1) is 33.1 Å². The lowest BCUT2D eigenvalue weighted by Crippen LogP contribution is -2.40. The quantitative estimate of drug-likeness (QED) is 0.211. The topological polar surface area (TPSA) is 122 Å². The summed E-state index contributed by atoms with van der Waals surface area (Å²) in [7, 11) is 0. The summed E-state index contributed by atoms with van der Waals surface area (Å²) in [5.41, 5.74) is 6.08. The van der Waals surface area contributed by atoms with Crippen LogP contribution in [0.3, 0.4) is 0 Å². The number of rotatable bonds is 7. The second-order valence-corrected chi connectivity index (χ2v) is 9.88. The lowest BCUT2D eigenvalue weighted by atomic mass is 10.0. The first-order valence-corrected chi connectivity index (χ1v) is 12.6. The van der Waals surface area contributed by atoms with Gasteiger partial charge in [0.15, 0.2) is 5.90 Å². The number of benzene rings is 1. The van der Waals surface area contributed by atoms with Crippen molar-refractivity contribution < 1.29 is 37.4 Å². The first kappa shape index (κ1) is 28.9. The molecule has 3 rings (SSSR count). The van der Waals surface area contributed by atoms with E-state index in [9.17, 15) is 27.6 Å². The van der Waals surface area contributed by atoms with Crippen molar-refractivity contribution in [1.82, 2.24) is 4.90 Å². The maximum atomic E-state index is 12.7. The van der Waals surface area contributed by atoms with Crippen molar-refractivity contribution in [3.05, 3.63) is 39.2 Å². The lowest BCUT2D eigenvalue weighted by molar-refractivity contribution is -0.191. The Balaban J connectivity index is 1.68. The molecule has 1 saturated heterocycles. The Bertz CT molecular complexity index is 1240. The highest BCUT2D eigenvalue weighted by Crippen LogP contribution is 2.37. The zero-order chi connectivity index (χ0) is 27.3. The standard InChI is InChI=1S/C23H22Cl2F3N3O5S/c24-18-12(9-13-5-8-37-20(13)19(18)25)1-2-16(32)31-6-3-15(4-7-31)30-21(14(11-29)10-17(33)34)36-22(35)23(26,27)28/h1-2,5,8-9,14-15H,3-4,6-7,10-11,29H2,(H,33,34). The predicted molar refractivity (Wildman–Crippen MR) is 135 cm³/mol. The minimum absolute atomic E-state index is 0.224. The van der Waals surface area contributed by atoms with Crippen LogP contribution in [0.4, 0.5) is 13.2 Å². The van der Waals surface area contributed by atoms with E-state index in [4.69, 9.17) is 34.0 Å². The van der Waals surface area contributed by atoms with Crippen LogP contribution in [0.1, 0.15) is 24.8 Å². The van der Waals surface area contributed by atoms with Gasteiger partial charge in [0.1, 0.15) is 0 Å². The number of alkyl halides is 3. The van der Waals surface area contributed by atoms with Crippen LogP contribution in [0.2, 0.25) is 10.0 Å². The van der Waals surface area contributed by atoms with Crippen molar-refractivity contribution in [2.24, 2.45) is 16.6 Å². The number of piperidine rings is 1. The second-order valence-electron chi connectivity index (χ2n) is 8.21. The lowest BCUT2D eigenvalue weighted by Gasteiger charge is -2.30. The summed E-state index contributed by atoms with van der Waals surface area (Å²) in [4.78, 5) is 40.8. The molecule has 0 spiro atoms. The van der Waals surface area contributed by atoms with Crippen LogP contribution in [0.15, 0.2) is 28.6 Å². The Morgan fingerprint density at radius 3 is 2.54 bits per heavy atom. The number of fused-ring (bicyclic) bond motifs is 1. The number of carbonyl (C=O) groups is 3. The fourth-order valence-electron chi connectivity index (χ4n) is 3.70. The molecule has 3 N–H and O–H groups in total. The van der Waals surface area contributed by atoms with E-state index in [0.29, 0.717) is 15.6 Å². The summed E-state index contributed by atoms with van der Waals surface area (Å²) in [6.45, 7) is 0.0619. The molecule has 200 valence electrons. The molecular formula is C23H22Cl2F3N3O5S. The SMILES string of the molecule is NCC(CC(=O)O)C(=NC1CCN(C(=O)C=Cc2cc3ccsc3c(Cl)c2Cl)CC1)OC(=O)C(F)(F)F. The number of carboxylic acid groups (broad SMARTS) is 1. The number of amides is 1. The molecule has 37 heavy (non-hydrogen) atoms. The smallest absolute Gasteiger partial charge is 0.481 e. The Hall–Kier alpha value is -2.67. The van der Waals surface area contributed by atoms with Gasteiger partial charge >= 0.3 is 18.1 Å². The fraction of sp³-hybridized carbons (Fsp3) is 0.391. The van der Waals surface area contributed by atoms with E-state index in [2.05, 4.69) is 9.73 Å². The fourth-order valence-corrected chi connectivity index (χ4v) is 5.14. The van der Waals surface area contributed by atoms with Gasteiger partial charge in [-0.05, 0) is 47.4 Å². The van der Waals surface area contributed by atoms with Gasteiger partial charge in [0.25, 0.3) is 0 Å². The summed E-state index contributed by atoms with van der Waals surface area (Å²) in [5, 5.41) is 12.5. The molecule has 8 nitrogen and oxygen atoms in total. The molecule has 1 amide bonds. The molecule has 1 aliphatic heterocycles. The number of carboxylic acids is 1. The summed E-state index contributed by atoms with van der Waals surface area (Å²) < 4.78 is 43.4. The number of nitrogens with two attached hydrogens (primary N) is 1. The highest BCUT2D eigenvalue weighted by molar-refractivity contribution is 7.18. The number of esters is 1. The van der Waals surface area contributed by atoms with Gasteiger partial charge in [0.2, 0.25) is 5.91 Å². The number of aliphatic imine (C=N–C) groups is 1. The number of halogens is 5. The third kappa shape index (κ3) is 7.44. The molecule has 1 aliphatic rings. The van der Waals surface area contributed by atoms with Gasteiger partial charge < -0.3 is 20.5 Å². The predicted octanol–water partition coefficient (Wildman–Crippen LogP) is 4.77. The number of ether oxygens (including phenoxy) is 1. The van der Waals surface area contributed by atoms with Crippen LogP contribution >= 0.6 is 34.5 Å². The first-order chi connectivity index (χ1) is 17.4. The zero-order valence-electron chi connectivity index (χ0n) is 19.1. The van der Waals surface area contributed by atoms with Crippen molar-refractivity contribution in [2.75, 3.05) is 19.6 Å². The Kier molecular flexibility index (Phi) is 9.57. The molecule has 0 saturated carbocycles. The minimum Gasteiger partial charge on any atom is -0.481 e. The van der Waals surface area contributed by atoms with E-state index in [0.717, 1.165) is 10.1 Å². The first-order valence-electron chi connectivity index (χ1n) is 11.0. The van der Waals surface area contributed by atoms with Gasteiger partial charge in [-0.1, -0.05) is 23.2 Å². The molecule has 1 atom stereocenters. The van der Waals surface area contributed by atoms with Gasteiger partial charge in [-0.15, -0.1) is 11.3 Å². The van der Waals surface area contributed by atoms with Crippen molar-refractivity contribution in [1.29, 1.82) is 0 Å². The van der Waals surface area contributed by atoms with Crippen molar-refractivity contribution in [3.8, 4) is 0 Å². The second kappa shape index (κ2) is 12.2. The van der Waals surface area contributed by atoms with E-state index in [1.54, 1.807) is 6.08 Å². The molecule has 2 heterocycles. The van der Waals surface area contributed by atoms with E-state index in [1.165, 1.54) is 22.3 Å². The largest absolute Gasteiger partial charge is 0.491 e. The molecule has 0 radical (unpaired) electrons. The van der Waals surface area contributed by atoms with Crippen LogP contribution < -0.4 is 5.73 Å². The summed E-state index contributed by atoms with van der Waals surface area (Å²) >= 11 is 14.1. The van der Waals surface area contributed by atoms with Gasteiger partial charge in [0, 0.05) is 25.7 Å². The van der Waals surface area contributed by atoms with Crippen molar-refractivity contribution >= 4 is 74.4 Å². The average Bonchev–Trinajstić information content (AvgIpc) is 3.31. The number of hydrogen-bond donors (Lipinski definition) is 2. The minimum atomic E-state index is -5.29. The van der Waals surface area contributed by atoms with Gasteiger partial charge in [-0.2, -0.15) is 13.2 Å². The Morgan fingerprint density at radius 2 is 1.95 bits per heavy atom. The third-order valence-corrected chi connectivity index (χ3v) is 7.57. The maximum Gasteiger partial charge on any atom is 0.491 e. The highest BCUT2D eigenvalue weighted by Gasteiger charge is 2.43. The number of likely N-dealkylation sites (tertiary alicyclic amines) is 1. The summed E-state index contributed by atoms with van der Waals surface area (Å²) in [6, 6.07) is 3.11. The molecule has 1 fully saturated rings. The van der Waals surface area contributed by atoms with Crippen LogP contribution in [0, 0.1) is 5.92 Å². The van der Waals surface area contributed by atoms with Crippen LogP contribution in [0.25, 0.3) is 16.2 Å². The Labute approximate surface area is 223 Å². The number of aliphatic carboxylic acids is 1. The molecule has 1 aromatic carbocycles. The van der Waals surface area contributed by atoms with Crippen LogP contribution in [-0.4, -0.2) is 65.6 Å². The zero-order valence-corrected chi connectivity index (χ0v) is 21.5. The van der Waals surface area contributed by atoms with Crippen molar-refractivity contribution in [2.45, 2.75) is 31.5 Å². The Morgan fingerprint density at radius 1 is 1.27 bits per heavy atom. The molecular weight excluding hydrogens is 558 g/mol. The molecule has 0 aliphatic carbocycles. The highest BCUT2D eigenvalue weighted by atomic mass is 35.5. The van der Waals surface area contributed by atoms with Crippen molar-refractivity contribution in [3.63, 3.8) is 0 Å². The van der Waals surface area contributed by atoms with E-state index in [1.807, 2.05) is 17.5 Å². The molecule has 1 aromatic heterocycles. The molecule has 2 aromatic rings. The number of hydrogen-bond acceptors (Lipinski definition) is 7. The van der Waals surface area contributed by atoms with E-state index in [-0.39, 0.29) is 38.4 Å². The van der Waals surface area contributed by atoms with Crippen LogP contribution in [0.5, 0.6) is 0 Å². The molecule has 0 bridgehead atoms. The molecule has 1 unspecified atom stereocenters. The number of nitrogens with zero attached hydrogens (tertiary/aromatic N) is 2. The normalized spacial score (nSPS) is 16.4. The van der Waals surface area contributed by atoms with Gasteiger partial charge in [-0.25, -0.2) is 4.79 Å².